The molecule has 0 heterocycles. The van der Waals surface area contributed by atoms with E-state index >= 15 is 0 Å². The minimum absolute atomic E-state index is 0.904. The first-order chi connectivity index (χ1) is 6.99. The fraction of sp³-hybridized carbons (Fsp3) is 1.00. The summed E-state index contributed by atoms with van der Waals surface area (Å²) in [5, 5.41) is 18.2. The Bertz CT molecular complexity index is 227. The van der Waals surface area contributed by atoms with Gasteiger partial charge in [-0.15, -0.1) is 0 Å². The molecule has 0 aromatic rings. The molecule has 0 fully saturated rings. The fourth-order valence-electron chi connectivity index (χ4n) is 0.917. The summed E-state index contributed by atoms with van der Waals surface area (Å²) in [6, 6.07) is 0. The van der Waals surface area contributed by atoms with Crippen molar-refractivity contribution in [3.8, 4) is 0 Å². The molecule has 0 spiro atoms. The summed E-state index contributed by atoms with van der Waals surface area (Å²) in [6.45, 7) is 6.39. The molecule has 0 radical (unpaired) electrons. The van der Waals surface area contributed by atoms with Crippen LogP contribution in [0.3, 0.4) is 0 Å². The van der Waals surface area contributed by atoms with Gasteiger partial charge in [-0.3, -0.25) is 0 Å². The van der Waals surface area contributed by atoms with Crippen LogP contribution in [0.25, 0.3) is 0 Å². The van der Waals surface area contributed by atoms with E-state index in [0.717, 1.165) is 0 Å². The maximum atomic E-state index is 9.26. The molecule has 0 unspecified atom stereocenters. The van der Waals surface area contributed by atoms with Crippen molar-refractivity contribution in [3.05, 3.63) is 0 Å². The Morgan fingerprint density at radius 2 is 1.31 bits per heavy atom. The van der Waals surface area contributed by atoms with E-state index in [4.69, 9.17) is 31.3 Å². The molecule has 7 nitrogen and oxygen atoms in total. The van der Waals surface area contributed by atoms with E-state index in [-0.39, 0.29) is 0 Å². The Labute approximate surface area is 97.1 Å². The van der Waals surface area contributed by atoms with Crippen LogP contribution in [-0.4, -0.2) is 42.4 Å². The van der Waals surface area contributed by atoms with Crippen molar-refractivity contribution < 1.29 is 19.4 Å². The van der Waals surface area contributed by atoms with Gasteiger partial charge in [-0.25, -0.2) is 0 Å². The average Bonchev–Trinajstić information content (AvgIpc) is 1.99. The molecule has 0 rings (SSSR count). The summed E-state index contributed by atoms with van der Waals surface area (Å²) in [4.78, 5) is 0. The summed E-state index contributed by atoms with van der Waals surface area (Å²) in [7, 11) is -3.54. The van der Waals surface area contributed by atoms with Gasteiger partial charge in [0.2, 0.25) is 0 Å². The van der Waals surface area contributed by atoms with E-state index in [1.54, 1.807) is 27.7 Å². The number of nitrogens with two attached hydrogens (primary N) is 3. The van der Waals surface area contributed by atoms with E-state index in [0.29, 0.717) is 0 Å². The molecule has 0 amide bonds. The Hall–Kier alpha value is -0.0852. The quantitative estimate of drug-likeness (QED) is 0.318. The summed E-state index contributed by atoms with van der Waals surface area (Å²) in [5.41, 5.74) is 14.1. The maximum absolute atomic E-state index is 9.26. The lowest BCUT2D eigenvalue weighted by molar-refractivity contribution is 0.0949. The first-order valence-electron chi connectivity index (χ1n) is 4.97. The van der Waals surface area contributed by atoms with Crippen LogP contribution in [0.4, 0.5) is 0 Å². The minimum atomic E-state index is -1.45. The number of rotatable bonds is 6. The van der Waals surface area contributed by atoms with E-state index in [1.165, 1.54) is 0 Å². The standard InChI is InChI=1S/C6H20B3N3O4/c1-5(2,7(10)13)15-8(11)6(3,4)16-9(12)14/h13-14H,10-12H2,1-4H3. The molecular formula is C6H20B3N3O4. The van der Waals surface area contributed by atoms with Crippen molar-refractivity contribution >= 4 is 21.4 Å². The Balaban J connectivity index is 4.50. The van der Waals surface area contributed by atoms with Gasteiger partial charge in [0.15, 0.2) is 0 Å². The van der Waals surface area contributed by atoms with E-state index in [1.807, 2.05) is 0 Å². The summed E-state index contributed by atoms with van der Waals surface area (Å²) in [5.74, 6) is 0. The van der Waals surface area contributed by atoms with Gasteiger partial charge >= 0.3 is 21.4 Å². The Morgan fingerprint density at radius 1 is 0.875 bits per heavy atom. The lowest BCUT2D eigenvalue weighted by atomic mass is 9.60. The molecule has 0 saturated heterocycles. The molecule has 0 saturated carbocycles. The highest BCUT2D eigenvalue weighted by Gasteiger charge is 2.42. The normalized spacial score (nSPS) is 12.6. The number of hydrogen-bond acceptors (Lipinski definition) is 7. The fourth-order valence-corrected chi connectivity index (χ4v) is 0.917. The smallest absolute Gasteiger partial charge is 0.436 e. The first-order valence-corrected chi connectivity index (χ1v) is 4.97. The lowest BCUT2D eigenvalue weighted by Gasteiger charge is -2.35. The SMILES string of the molecule is CC(C)(OB(N)C(C)(C)OB(N)O)B(N)O. The highest BCUT2D eigenvalue weighted by molar-refractivity contribution is 6.56. The monoisotopic (exact) mass is 231 g/mol. The van der Waals surface area contributed by atoms with Gasteiger partial charge in [0.05, 0.1) is 11.0 Å². The van der Waals surface area contributed by atoms with Crippen LogP contribution >= 0.6 is 0 Å². The highest BCUT2D eigenvalue weighted by atomic mass is 16.6. The maximum Gasteiger partial charge on any atom is 0.549 e. The number of hydrogen-bond donors (Lipinski definition) is 5. The van der Waals surface area contributed by atoms with Crippen molar-refractivity contribution in [2.24, 2.45) is 16.9 Å². The zero-order valence-corrected chi connectivity index (χ0v) is 10.2. The third-order valence-electron chi connectivity index (χ3n) is 2.25. The van der Waals surface area contributed by atoms with Gasteiger partial charge in [-0.2, -0.15) is 0 Å². The van der Waals surface area contributed by atoms with Crippen LogP contribution in [0.2, 0.25) is 0 Å². The molecule has 0 aliphatic rings. The molecule has 0 aliphatic heterocycles. The zero-order chi connectivity index (χ0) is 13.1. The predicted molar refractivity (Wildman–Crippen MR) is 64.6 cm³/mol. The third-order valence-corrected chi connectivity index (χ3v) is 2.25. The molecule has 0 aromatic carbocycles. The first kappa shape index (κ1) is 15.9. The van der Waals surface area contributed by atoms with Crippen LogP contribution in [-0.2, 0) is 9.31 Å². The minimum Gasteiger partial charge on any atom is -0.436 e. The molecule has 16 heavy (non-hydrogen) atoms. The molecule has 0 aromatic heterocycles. The third kappa shape index (κ3) is 4.83. The topological polar surface area (TPSA) is 137 Å². The van der Waals surface area contributed by atoms with Gasteiger partial charge in [-0.05, 0) is 27.7 Å². The molecule has 0 bridgehead atoms. The molecule has 10 heteroatoms. The van der Waals surface area contributed by atoms with Crippen LogP contribution in [0.1, 0.15) is 27.7 Å². The van der Waals surface area contributed by atoms with Gasteiger partial charge in [0.1, 0.15) is 0 Å². The van der Waals surface area contributed by atoms with Crippen molar-refractivity contribution in [1.29, 1.82) is 0 Å². The Kier molecular flexibility index (Phi) is 5.47. The van der Waals surface area contributed by atoms with Crippen LogP contribution in [0.5, 0.6) is 0 Å². The average molecular weight is 231 g/mol. The molecule has 0 aliphatic carbocycles. The van der Waals surface area contributed by atoms with Crippen molar-refractivity contribution in [1.82, 2.24) is 0 Å². The highest BCUT2D eigenvalue weighted by Crippen LogP contribution is 2.17. The zero-order valence-electron chi connectivity index (χ0n) is 10.2. The molecular weight excluding hydrogens is 211 g/mol. The summed E-state index contributed by atoms with van der Waals surface area (Å²) < 4.78 is 10.4. The largest absolute Gasteiger partial charge is 0.549 e. The summed E-state index contributed by atoms with van der Waals surface area (Å²) >= 11 is 0. The van der Waals surface area contributed by atoms with Crippen LogP contribution in [0, 0.1) is 0 Å². The van der Waals surface area contributed by atoms with Crippen molar-refractivity contribution in [3.63, 3.8) is 0 Å². The van der Waals surface area contributed by atoms with Gasteiger partial charge in [0.25, 0.3) is 0 Å². The van der Waals surface area contributed by atoms with Crippen LogP contribution in [0.15, 0.2) is 0 Å². The van der Waals surface area contributed by atoms with Crippen LogP contribution < -0.4 is 16.9 Å². The van der Waals surface area contributed by atoms with E-state index in [2.05, 4.69) is 0 Å². The summed E-state index contributed by atoms with van der Waals surface area (Å²) in [6.07, 6.45) is 0. The van der Waals surface area contributed by atoms with Gasteiger partial charge < -0.3 is 36.3 Å². The predicted octanol–water partition coefficient (Wildman–Crippen LogP) is -2.52. The van der Waals surface area contributed by atoms with Gasteiger partial charge in [0, 0.05) is 0 Å². The lowest BCUT2D eigenvalue weighted by Crippen LogP contribution is -2.62. The second-order valence-electron chi connectivity index (χ2n) is 4.70. The van der Waals surface area contributed by atoms with E-state index < -0.39 is 32.4 Å². The van der Waals surface area contributed by atoms with E-state index in [9.17, 15) is 5.02 Å². The van der Waals surface area contributed by atoms with Gasteiger partial charge in [-0.1, -0.05) is 0 Å². The molecule has 92 valence electrons. The Morgan fingerprint density at radius 3 is 1.62 bits per heavy atom. The molecule has 0 atom stereocenters. The second kappa shape index (κ2) is 5.50. The molecule has 8 N–H and O–H groups in total. The van der Waals surface area contributed by atoms with Crippen molar-refractivity contribution in [2.45, 2.75) is 38.7 Å². The second-order valence-corrected chi connectivity index (χ2v) is 4.70. The van der Waals surface area contributed by atoms with Crippen molar-refractivity contribution in [2.75, 3.05) is 0 Å².